The lowest BCUT2D eigenvalue weighted by atomic mass is 10.1. The summed E-state index contributed by atoms with van der Waals surface area (Å²) < 4.78 is 0.947. The number of halogens is 3. The van der Waals surface area contributed by atoms with E-state index in [1.165, 1.54) is 0 Å². The Morgan fingerprint density at radius 1 is 0.800 bits per heavy atom. The maximum absolute atomic E-state index is 6.15. The summed E-state index contributed by atoms with van der Waals surface area (Å²) in [5, 5.41) is 1.39. The smallest absolute Gasteiger partial charge is 0.0496 e. The zero-order valence-electron chi connectivity index (χ0n) is 7.68. The molecule has 0 saturated carbocycles. The Labute approximate surface area is 107 Å². The second-order valence-corrected chi connectivity index (χ2v) is 4.75. The maximum Gasteiger partial charge on any atom is 0.0496 e. The summed E-state index contributed by atoms with van der Waals surface area (Å²) in [7, 11) is 0. The Balaban J connectivity index is 2.69. The van der Waals surface area contributed by atoms with Crippen molar-refractivity contribution < 1.29 is 0 Å². The van der Waals surface area contributed by atoms with Crippen molar-refractivity contribution in [2.24, 2.45) is 0 Å². The van der Waals surface area contributed by atoms with Crippen molar-refractivity contribution in [3.8, 4) is 11.1 Å². The summed E-state index contributed by atoms with van der Waals surface area (Å²) in [5.41, 5.74) is 1.88. The minimum atomic E-state index is 0.692. The third-order valence-corrected chi connectivity index (χ3v) is 3.41. The second kappa shape index (κ2) is 4.56. The molecular weight excluding hydrogens is 295 g/mol. The molecule has 0 aliphatic carbocycles. The van der Waals surface area contributed by atoms with Gasteiger partial charge in [0, 0.05) is 25.6 Å². The summed E-state index contributed by atoms with van der Waals surface area (Å²) in [6, 6.07) is 13.3. The zero-order chi connectivity index (χ0) is 10.8. The summed E-state index contributed by atoms with van der Waals surface area (Å²) in [6.45, 7) is 0. The first-order valence-corrected chi connectivity index (χ1v) is 5.94. The molecule has 0 unspecified atom stereocenters. The number of hydrogen-bond donors (Lipinski definition) is 0. The molecule has 3 heteroatoms. The Morgan fingerprint density at radius 2 is 1.47 bits per heavy atom. The van der Waals surface area contributed by atoms with Gasteiger partial charge in [0.15, 0.2) is 0 Å². The van der Waals surface area contributed by atoms with E-state index in [0.29, 0.717) is 10.0 Å². The van der Waals surface area contributed by atoms with Gasteiger partial charge in [-0.2, -0.15) is 0 Å². The van der Waals surface area contributed by atoms with E-state index in [1.54, 1.807) is 0 Å². The van der Waals surface area contributed by atoms with Gasteiger partial charge in [0.25, 0.3) is 0 Å². The molecule has 0 aromatic heterocycles. The first-order valence-electron chi connectivity index (χ1n) is 4.39. The quantitative estimate of drug-likeness (QED) is 0.659. The molecule has 0 bridgehead atoms. The maximum atomic E-state index is 6.15. The average molecular weight is 302 g/mol. The number of hydrogen-bond acceptors (Lipinski definition) is 0. The molecule has 0 aliphatic heterocycles. The van der Waals surface area contributed by atoms with Crippen molar-refractivity contribution in [2.45, 2.75) is 0 Å². The molecule has 0 N–H and O–H groups in total. The van der Waals surface area contributed by atoms with E-state index in [4.69, 9.17) is 23.2 Å². The Bertz CT molecular complexity index is 474. The highest BCUT2D eigenvalue weighted by molar-refractivity contribution is 9.10. The van der Waals surface area contributed by atoms with Crippen molar-refractivity contribution in [2.75, 3.05) is 0 Å². The van der Waals surface area contributed by atoms with Crippen molar-refractivity contribution >= 4 is 39.1 Å². The highest BCUT2D eigenvalue weighted by atomic mass is 79.9. The first-order chi connectivity index (χ1) is 7.20. The molecule has 0 spiro atoms. The van der Waals surface area contributed by atoms with Crippen LogP contribution in [0.5, 0.6) is 0 Å². The monoisotopic (exact) mass is 300 g/mol. The van der Waals surface area contributed by atoms with Gasteiger partial charge in [-0.15, -0.1) is 0 Å². The van der Waals surface area contributed by atoms with Crippen LogP contribution in [0, 0.1) is 0 Å². The minimum absolute atomic E-state index is 0.692. The van der Waals surface area contributed by atoms with Gasteiger partial charge in [0.1, 0.15) is 0 Å². The van der Waals surface area contributed by atoms with E-state index in [2.05, 4.69) is 15.9 Å². The highest BCUT2D eigenvalue weighted by Crippen LogP contribution is 2.38. The molecule has 0 nitrogen and oxygen atoms in total. The third kappa shape index (κ3) is 2.20. The predicted molar refractivity (Wildman–Crippen MR) is 69.6 cm³/mol. The Kier molecular flexibility index (Phi) is 3.35. The minimum Gasteiger partial charge on any atom is -0.0837 e. The largest absolute Gasteiger partial charge is 0.0837 e. The fourth-order valence-corrected chi connectivity index (χ4v) is 2.62. The Hall–Kier alpha value is -0.500. The predicted octanol–water partition coefficient (Wildman–Crippen LogP) is 5.42. The van der Waals surface area contributed by atoms with Crippen molar-refractivity contribution in [1.82, 2.24) is 0 Å². The van der Waals surface area contributed by atoms with Gasteiger partial charge in [-0.05, 0) is 18.2 Å². The van der Waals surface area contributed by atoms with Crippen LogP contribution >= 0.6 is 39.1 Å². The van der Waals surface area contributed by atoms with Gasteiger partial charge in [-0.3, -0.25) is 0 Å². The average Bonchev–Trinajstić information content (AvgIpc) is 2.20. The summed E-state index contributed by atoms with van der Waals surface area (Å²) >= 11 is 15.7. The van der Waals surface area contributed by atoms with Crippen LogP contribution in [0.3, 0.4) is 0 Å². The van der Waals surface area contributed by atoms with Crippen molar-refractivity contribution in [3.05, 3.63) is 57.0 Å². The molecule has 0 heterocycles. The van der Waals surface area contributed by atoms with Gasteiger partial charge < -0.3 is 0 Å². The standard InChI is InChI=1S/C12H7BrCl2/c13-9-5-3-7-11(15)12(9)8-4-1-2-6-10(8)14/h1-7H. The normalized spacial score (nSPS) is 10.3. The number of rotatable bonds is 1. The van der Waals surface area contributed by atoms with Gasteiger partial charge in [0.05, 0.1) is 0 Å². The highest BCUT2D eigenvalue weighted by Gasteiger charge is 2.09. The molecular formula is C12H7BrCl2. The fraction of sp³-hybridized carbons (Fsp3) is 0. The molecule has 0 saturated heterocycles. The van der Waals surface area contributed by atoms with E-state index in [1.807, 2.05) is 42.5 Å². The van der Waals surface area contributed by atoms with Gasteiger partial charge in [-0.25, -0.2) is 0 Å². The molecule has 0 radical (unpaired) electrons. The molecule has 0 amide bonds. The van der Waals surface area contributed by atoms with E-state index in [-0.39, 0.29) is 0 Å². The van der Waals surface area contributed by atoms with Crippen LogP contribution in [0.4, 0.5) is 0 Å². The van der Waals surface area contributed by atoms with E-state index >= 15 is 0 Å². The molecule has 2 rings (SSSR count). The molecule has 0 aliphatic rings. The Morgan fingerprint density at radius 3 is 2.13 bits per heavy atom. The fourth-order valence-electron chi connectivity index (χ4n) is 1.42. The lowest BCUT2D eigenvalue weighted by molar-refractivity contribution is 1.58. The molecule has 0 atom stereocenters. The van der Waals surface area contributed by atoms with Crippen LogP contribution in [-0.4, -0.2) is 0 Å². The van der Waals surface area contributed by atoms with Crippen LogP contribution in [-0.2, 0) is 0 Å². The molecule has 2 aromatic carbocycles. The second-order valence-electron chi connectivity index (χ2n) is 3.08. The van der Waals surface area contributed by atoms with Crippen molar-refractivity contribution in [1.29, 1.82) is 0 Å². The van der Waals surface area contributed by atoms with Crippen LogP contribution in [0.25, 0.3) is 11.1 Å². The zero-order valence-corrected chi connectivity index (χ0v) is 10.8. The summed E-state index contributed by atoms with van der Waals surface area (Å²) in [5.74, 6) is 0. The van der Waals surface area contributed by atoms with Crippen LogP contribution < -0.4 is 0 Å². The molecule has 2 aromatic rings. The summed E-state index contributed by atoms with van der Waals surface area (Å²) in [4.78, 5) is 0. The van der Waals surface area contributed by atoms with Crippen LogP contribution in [0.1, 0.15) is 0 Å². The molecule has 15 heavy (non-hydrogen) atoms. The van der Waals surface area contributed by atoms with Gasteiger partial charge in [-0.1, -0.05) is 63.4 Å². The van der Waals surface area contributed by atoms with Crippen LogP contribution in [0.15, 0.2) is 46.9 Å². The SMILES string of the molecule is Clc1ccccc1-c1c(Cl)cccc1Br. The third-order valence-electron chi connectivity index (χ3n) is 2.11. The first kappa shape index (κ1) is 11.0. The lowest BCUT2D eigenvalue weighted by Crippen LogP contribution is -1.82. The lowest BCUT2D eigenvalue weighted by Gasteiger charge is -2.08. The van der Waals surface area contributed by atoms with Gasteiger partial charge >= 0.3 is 0 Å². The number of benzene rings is 2. The van der Waals surface area contributed by atoms with E-state index < -0.39 is 0 Å². The molecule has 0 fully saturated rings. The van der Waals surface area contributed by atoms with E-state index in [9.17, 15) is 0 Å². The topological polar surface area (TPSA) is 0 Å². The van der Waals surface area contributed by atoms with E-state index in [0.717, 1.165) is 15.6 Å². The van der Waals surface area contributed by atoms with Crippen LogP contribution in [0.2, 0.25) is 10.0 Å². The van der Waals surface area contributed by atoms with Gasteiger partial charge in [0.2, 0.25) is 0 Å². The summed E-state index contributed by atoms with van der Waals surface area (Å²) in [6.07, 6.45) is 0. The molecule has 76 valence electrons. The van der Waals surface area contributed by atoms with Crippen molar-refractivity contribution in [3.63, 3.8) is 0 Å².